The second-order valence-corrected chi connectivity index (χ2v) is 4.96. The number of carbonyl (C=O) groups is 2. The summed E-state index contributed by atoms with van der Waals surface area (Å²) < 4.78 is 5.58. The molecule has 0 amide bonds. The van der Waals surface area contributed by atoms with E-state index in [4.69, 9.17) is 4.74 Å². The van der Waals surface area contributed by atoms with Gasteiger partial charge in [0.25, 0.3) is 0 Å². The van der Waals surface area contributed by atoms with Crippen molar-refractivity contribution < 1.29 is 14.3 Å². The summed E-state index contributed by atoms with van der Waals surface area (Å²) >= 11 is 0. The first-order valence-electron chi connectivity index (χ1n) is 5.34. The zero-order valence-electron chi connectivity index (χ0n) is 8.34. The van der Waals surface area contributed by atoms with Crippen LogP contribution in [0.15, 0.2) is 0 Å². The summed E-state index contributed by atoms with van der Waals surface area (Å²) in [6.07, 6.45) is 3.42. The first kappa shape index (κ1) is 8.60. The molecule has 0 aromatic heterocycles. The van der Waals surface area contributed by atoms with Crippen molar-refractivity contribution in [2.24, 2.45) is 5.41 Å². The summed E-state index contributed by atoms with van der Waals surface area (Å²) in [5, 5.41) is 0. The van der Waals surface area contributed by atoms with Crippen LogP contribution in [-0.2, 0) is 14.3 Å². The van der Waals surface area contributed by atoms with Crippen LogP contribution in [0.1, 0.15) is 39.0 Å². The second-order valence-electron chi connectivity index (χ2n) is 4.96. The molecule has 1 heterocycles. The molecule has 1 aliphatic heterocycles. The van der Waals surface area contributed by atoms with Gasteiger partial charge in [0, 0.05) is 12.8 Å². The van der Waals surface area contributed by atoms with Crippen LogP contribution in [0.5, 0.6) is 0 Å². The normalized spacial score (nSPS) is 51.1. The van der Waals surface area contributed by atoms with Gasteiger partial charge in [0.1, 0.15) is 17.5 Å². The first-order chi connectivity index (χ1) is 6.60. The van der Waals surface area contributed by atoms with Gasteiger partial charge >= 0.3 is 0 Å². The maximum Gasteiger partial charge on any atom is 0.164 e. The summed E-state index contributed by atoms with van der Waals surface area (Å²) in [7, 11) is 0. The Hall–Kier alpha value is -0.700. The van der Waals surface area contributed by atoms with Crippen molar-refractivity contribution >= 4 is 11.6 Å². The highest BCUT2D eigenvalue weighted by Crippen LogP contribution is 2.62. The van der Waals surface area contributed by atoms with E-state index >= 15 is 0 Å². The standard InChI is InChI=1S/C11H14O3/c1-10-6-4-7(12)9-11(10,14-9)5-2-3-8(10)13/h9H,2-6H2,1H3/t9-,10-,11-/m0/s1. The number of hydrogen-bond donors (Lipinski definition) is 0. The SMILES string of the molecule is C[C@@]12CCC(=O)[C@@H]3O[C@@]31CCCC2=O. The predicted molar refractivity (Wildman–Crippen MR) is 48.8 cm³/mol. The van der Waals surface area contributed by atoms with Crippen LogP contribution in [0.4, 0.5) is 0 Å². The van der Waals surface area contributed by atoms with Crippen LogP contribution >= 0.6 is 0 Å². The van der Waals surface area contributed by atoms with Gasteiger partial charge in [-0.25, -0.2) is 0 Å². The Morgan fingerprint density at radius 1 is 1.29 bits per heavy atom. The van der Waals surface area contributed by atoms with Crippen LogP contribution < -0.4 is 0 Å². The second kappa shape index (κ2) is 2.27. The summed E-state index contributed by atoms with van der Waals surface area (Å²) in [4.78, 5) is 23.4. The van der Waals surface area contributed by atoms with E-state index in [0.717, 1.165) is 12.8 Å². The molecule has 1 spiro atoms. The molecule has 0 bridgehead atoms. The quantitative estimate of drug-likeness (QED) is 0.545. The summed E-state index contributed by atoms with van der Waals surface area (Å²) in [5.41, 5.74) is -0.735. The fourth-order valence-electron chi connectivity index (χ4n) is 3.27. The van der Waals surface area contributed by atoms with Crippen LogP contribution in [0, 0.1) is 5.41 Å². The highest BCUT2D eigenvalue weighted by Gasteiger charge is 2.74. The van der Waals surface area contributed by atoms with Crippen molar-refractivity contribution in [3.63, 3.8) is 0 Å². The Morgan fingerprint density at radius 3 is 2.86 bits per heavy atom. The molecule has 3 nitrogen and oxygen atoms in total. The molecular weight excluding hydrogens is 180 g/mol. The minimum Gasteiger partial charge on any atom is -0.357 e. The molecule has 0 aromatic carbocycles. The van der Waals surface area contributed by atoms with Gasteiger partial charge in [-0.3, -0.25) is 9.59 Å². The van der Waals surface area contributed by atoms with Gasteiger partial charge in [-0.1, -0.05) is 0 Å². The highest BCUT2D eigenvalue weighted by atomic mass is 16.6. The third kappa shape index (κ3) is 0.738. The third-order valence-electron chi connectivity index (χ3n) is 4.36. The number of hydrogen-bond acceptors (Lipinski definition) is 3. The summed E-state index contributed by atoms with van der Waals surface area (Å²) in [5.74, 6) is 0.510. The molecular formula is C11H14O3. The Labute approximate surface area is 82.8 Å². The van der Waals surface area contributed by atoms with Crippen molar-refractivity contribution in [1.82, 2.24) is 0 Å². The zero-order chi connectivity index (χ0) is 9.97. The average Bonchev–Trinajstić information content (AvgIpc) is 2.87. The van der Waals surface area contributed by atoms with E-state index in [-0.39, 0.29) is 22.9 Å². The van der Waals surface area contributed by atoms with E-state index in [9.17, 15) is 9.59 Å². The lowest BCUT2D eigenvalue weighted by Gasteiger charge is -2.40. The number of rotatable bonds is 0. The van der Waals surface area contributed by atoms with Crippen LogP contribution in [0.3, 0.4) is 0 Å². The molecule has 3 aliphatic rings. The number of ketones is 2. The lowest BCUT2D eigenvalue weighted by molar-refractivity contribution is -0.137. The lowest BCUT2D eigenvalue weighted by Crippen LogP contribution is -2.51. The van der Waals surface area contributed by atoms with Gasteiger partial charge in [-0.2, -0.15) is 0 Å². The van der Waals surface area contributed by atoms with Crippen LogP contribution in [0.25, 0.3) is 0 Å². The van der Waals surface area contributed by atoms with Crippen molar-refractivity contribution in [1.29, 1.82) is 0 Å². The van der Waals surface area contributed by atoms with Gasteiger partial charge in [0.15, 0.2) is 5.78 Å². The maximum atomic E-state index is 11.9. The molecule has 0 radical (unpaired) electrons. The number of ether oxygens (including phenoxy) is 1. The summed E-state index contributed by atoms with van der Waals surface area (Å²) in [6, 6.07) is 0. The van der Waals surface area contributed by atoms with Gasteiger partial charge in [-0.15, -0.1) is 0 Å². The Kier molecular flexibility index (Phi) is 1.39. The molecule has 3 rings (SSSR count). The molecule has 14 heavy (non-hydrogen) atoms. The van der Waals surface area contributed by atoms with Crippen molar-refractivity contribution in [2.45, 2.75) is 50.7 Å². The molecule has 0 aromatic rings. The fraction of sp³-hybridized carbons (Fsp3) is 0.818. The average molecular weight is 194 g/mol. The molecule has 2 saturated carbocycles. The van der Waals surface area contributed by atoms with E-state index < -0.39 is 0 Å². The molecule has 1 saturated heterocycles. The number of Topliss-reactive ketones (excluding diaryl/α,β-unsaturated/α-hetero) is 2. The molecule has 3 heteroatoms. The molecule has 76 valence electrons. The van der Waals surface area contributed by atoms with Crippen molar-refractivity contribution in [3.8, 4) is 0 Å². The van der Waals surface area contributed by atoms with Crippen molar-refractivity contribution in [3.05, 3.63) is 0 Å². The highest BCUT2D eigenvalue weighted by molar-refractivity contribution is 5.96. The van der Waals surface area contributed by atoms with E-state index in [2.05, 4.69) is 0 Å². The molecule has 0 N–H and O–H groups in total. The third-order valence-corrected chi connectivity index (χ3v) is 4.36. The first-order valence-corrected chi connectivity index (χ1v) is 5.34. The molecule has 3 atom stereocenters. The lowest BCUT2D eigenvalue weighted by atomic mass is 9.59. The summed E-state index contributed by atoms with van der Waals surface area (Å²) in [6.45, 7) is 1.99. The van der Waals surface area contributed by atoms with Gasteiger partial charge in [-0.05, 0) is 26.2 Å². The molecule has 3 fully saturated rings. The number of carbonyl (C=O) groups excluding carboxylic acids is 2. The van der Waals surface area contributed by atoms with Crippen LogP contribution in [0.2, 0.25) is 0 Å². The van der Waals surface area contributed by atoms with E-state index in [1.165, 1.54) is 0 Å². The number of epoxide rings is 1. The maximum absolute atomic E-state index is 11.9. The predicted octanol–water partition coefficient (Wildman–Crippen LogP) is 1.25. The van der Waals surface area contributed by atoms with Crippen molar-refractivity contribution in [2.75, 3.05) is 0 Å². The van der Waals surface area contributed by atoms with E-state index in [1.807, 2.05) is 6.92 Å². The topological polar surface area (TPSA) is 46.7 Å². The van der Waals surface area contributed by atoms with Gasteiger partial charge in [0.05, 0.1) is 5.41 Å². The largest absolute Gasteiger partial charge is 0.357 e. The Morgan fingerprint density at radius 2 is 2.07 bits per heavy atom. The van der Waals surface area contributed by atoms with E-state index in [0.29, 0.717) is 25.0 Å². The van der Waals surface area contributed by atoms with E-state index in [1.54, 1.807) is 0 Å². The molecule has 2 aliphatic carbocycles. The minimum absolute atomic E-state index is 0.206. The zero-order valence-corrected chi connectivity index (χ0v) is 8.34. The van der Waals surface area contributed by atoms with Gasteiger partial charge in [0.2, 0.25) is 0 Å². The Bertz CT molecular complexity index is 335. The fourth-order valence-corrected chi connectivity index (χ4v) is 3.27. The van der Waals surface area contributed by atoms with Crippen LogP contribution in [-0.4, -0.2) is 23.3 Å². The smallest absolute Gasteiger partial charge is 0.164 e. The molecule has 0 unspecified atom stereocenters. The Balaban J connectivity index is 2.03. The van der Waals surface area contributed by atoms with Gasteiger partial charge < -0.3 is 4.74 Å². The monoisotopic (exact) mass is 194 g/mol. The minimum atomic E-state index is -0.377.